The predicted octanol–water partition coefficient (Wildman–Crippen LogP) is 2.83. The van der Waals surface area contributed by atoms with Crippen molar-refractivity contribution in [3.05, 3.63) is 64.7 Å². The first kappa shape index (κ1) is 15.4. The molecule has 2 N–H and O–H groups in total. The van der Waals surface area contributed by atoms with E-state index in [-0.39, 0.29) is 6.61 Å². The number of rotatable bonds is 7. The first-order chi connectivity index (χ1) is 10.3. The van der Waals surface area contributed by atoms with Gasteiger partial charge >= 0.3 is 0 Å². The molecule has 0 aliphatic carbocycles. The fraction of sp³-hybridized carbons (Fsp3) is 0.188. The van der Waals surface area contributed by atoms with Crippen molar-refractivity contribution in [2.45, 2.75) is 6.61 Å². The van der Waals surface area contributed by atoms with E-state index in [0.717, 1.165) is 21.9 Å². The van der Waals surface area contributed by atoms with Crippen molar-refractivity contribution in [2.24, 2.45) is 5.10 Å². The highest BCUT2D eigenvalue weighted by Crippen LogP contribution is 2.15. The molecule has 5 heteroatoms. The number of aliphatic hydroxyl groups excluding tert-OH is 1. The molecule has 0 aliphatic rings. The maximum Gasteiger partial charge on any atom is 0.119 e. The summed E-state index contributed by atoms with van der Waals surface area (Å²) in [5.41, 5.74) is 4.75. The Morgan fingerprint density at radius 1 is 1.10 bits per heavy atom. The third kappa shape index (κ3) is 5.45. The summed E-state index contributed by atoms with van der Waals surface area (Å²) >= 11 is 5.84. The molecule has 0 aromatic heterocycles. The van der Waals surface area contributed by atoms with E-state index in [2.05, 4.69) is 10.5 Å². The smallest absolute Gasteiger partial charge is 0.119 e. The number of aliphatic hydroxyl groups is 1. The predicted molar refractivity (Wildman–Crippen MR) is 84.9 cm³/mol. The van der Waals surface area contributed by atoms with Crippen molar-refractivity contribution in [3.63, 3.8) is 0 Å². The molecule has 0 fully saturated rings. The van der Waals surface area contributed by atoms with E-state index in [4.69, 9.17) is 21.4 Å². The molecular formula is C16H17ClN2O2. The zero-order valence-corrected chi connectivity index (χ0v) is 12.3. The average Bonchev–Trinajstić information content (AvgIpc) is 2.52. The molecule has 2 rings (SSSR count). The van der Waals surface area contributed by atoms with Crippen LogP contribution < -0.4 is 10.2 Å². The zero-order valence-electron chi connectivity index (χ0n) is 11.5. The second-order valence-electron chi connectivity index (χ2n) is 4.37. The minimum Gasteiger partial charge on any atom is -0.489 e. The van der Waals surface area contributed by atoms with Crippen LogP contribution in [0, 0.1) is 0 Å². The van der Waals surface area contributed by atoms with E-state index >= 15 is 0 Å². The number of ether oxygens (including phenoxy) is 1. The van der Waals surface area contributed by atoms with Crippen LogP contribution in [0.4, 0.5) is 0 Å². The summed E-state index contributed by atoms with van der Waals surface area (Å²) < 4.78 is 5.69. The maximum atomic E-state index is 8.61. The van der Waals surface area contributed by atoms with E-state index in [0.29, 0.717) is 13.2 Å². The fourth-order valence-corrected chi connectivity index (χ4v) is 1.76. The number of hydrogen-bond donors (Lipinski definition) is 2. The van der Waals surface area contributed by atoms with E-state index < -0.39 is 0 Å². The van der Waals surface area contributed by atoms with E-state index in [1.165, 1.54) is 0 Å². The Hall–Kier alpha value is -2.04. The SMILES string of the molecule is OCCNN=Cc1ccc(OCc2ccc(Cl)cc2)cc1. The lowest BCUT2D eigenvalue weighted by atomic mass is 10.2. The maximum absolute atomic E-state index is 8.61. The van der Waals surface area contributed by atoms with Crippen LogP contribution in [0.15, 0.2) is 53.6 Å². The highest BCUT2D eigenvalue weighted by atomic mass is 35.5. The van der Waals surface area contributed by atoms with Crippen molar-refractivity contribution < 1.29 is 9.84 Å². The van der Waals surface area contributed by atoms with Gasteiger partial charge in [0.1, 0.15) is 12.4 Å². The lowest BCUT2D eigenvalue weighted by Gasteiger charge is -2.06. The summed E-state index contributed by atoms with van der Waals surface area (Å²) in [6.07, 6.45) is 1.69. The van der Waals surface area contributed by atoms with Gasteiger partial charge in [0.05, 0.1) is 19.4 Å². The second-order valence-corrected chi connectivity index (χ2v) is 4.81. The quantitative estimate of drug-likeness (QED) is 0.470. The topological polar surface area (TPSA) is 53.8 Å². The summed E-state index contributed by atoms with van der Waals surface area (Å²) in [4.78, 5) is 0. The largest absolute Gasteiger partial charge is 0.489 e. The third-order valence-corrected chi connectivity index (χ3v) is 2.98. The molecule has 0 saturated heterocycles. The lowest BCUT2D eigenvalue weighted by Crippen LogP contribution is -2.11. The summed E-state index contributed by atoms with van der Waals surface area (Å²) in [6, 6.07) is 15.2. The van der Waals surface area contributed by atoms with Gasteiger partial charge in [-0.2, -0.15) is 5.10 Å². The molecule has 0 aliphatic heterocycles. The Balaban J connectivity index is 1.84. The molecule has 0 heterocycles. The molecule has 0 saturated carbocycles. The van der Waals surface area contributed by atoms with Gasteiger partial charge in [-0.1, -0.05) is 23.7 Å². The minimum absolute atomic E-state index is 0.0643. The Kier molecular flexibility index (Phi) is 6.06. The van der Waals surface area contributed by atoms with Gasteiger partial charge in [-0.3, -0.25) is 0 Å². The van der Waals surface area contributed by atoms with E-state index in [1.807, 2.05) is 48.5 Å². The summed E-state index contributed by atoms with van der Waals surface area (Å²) in [5, 5.41) is 13.3. The highest BCUT2D eigenvalue weighted by Gasteiger charge is 1.97. The van der Waals surface area contributed by atoms with Crippen molar-refractivity contribution in [1.29, 1.82) is 0 Å². The van der Waals surface area contributed by atoms with Gasteiger partial charge in [0.15, 0.2) is 0 Å². The first-order valence-corrected chi connectivity index (χ1v) is 7.00. The standard InChI is InChI=1S/C16H17ClN2O2/c17-15-5-1-14(2-6-15)12-21-16-7-3-13(4-8-16)11-19-18-9-10-20/h1-8,11,18,20H,9-10,12H2. The summed E-state index contributed by atoms with van der Waals surface area (Å²) in [6.45, 7) is 1.01. The zero-order chi connectivity index (χ0) is 14.9. The van der Waals surface area contributed by atoms with Crippen molar-refractivity contribution in [1.82, 2.24) is 5.43 Å². The fourth-order valence-electron chi connectivity index (χ4n) is 1.63. The lowest BCUT2D eigenvalue weighted by molar-refractivity contribution is 0.294. The van der Waals surface area contributed by atoms with Gasteiger partial charge in [-0.25, -0.2) is 0 Å². The molecule has 0 amide bonds. The molecule has 110 valence electrons. The second kappa shape index (κ2) is 8.29. The monoisotopic (exact) mass is 304 g/mol. The minimum atomic E-state index is 0.0643. The van der Waals surface area contributed by atoms with E-state index in [1.54, 1.807) is 6.21 Å². The molecule has 2 aromatic rings. The van der Waals surface area contributed by atoms with Gasteiger partial charge in [0.25, 0.3) is 0 Å². The normalized spacial score (nSPS) is 10.8. The Labute approximate surface area is 129 Å². The third-order valence-electron chi connectivity index (χ3n) is 2.73. The first-order valence-electron chi connectivity index (χ1n) is 6.62. The number of benzene rings is 2. The van der Waals surface area contributed by atoms with Crippen molar-refractivity contribution >= 4 is 17.8 Å². The van der Waals surface area contributed by atoms with Crippen molar-refractivity contribution in [2.75, 3.05) is 13.2 Å². The van der Waals surface area contributed by atoms with Crippen LogP contribution in [0.1, 0.15) is 11.1 Å². The molecule has 0 radical (unpaired) electrons. The van der Waals surface area contributed by atoms with Gasteiger partial charge in [-0.05, 0) is 47.5 Å². The van der Waals surface area contributed by atoms with Crippen LogP contribution in [0.2, 0.25) is 5.02 Å². The van der Waals surface area contributed by atoms with Gasteiger partial charge in [0, 0.05) is 5.02 Å². The van der Waals surface area contributed by atoms with Crippen LogP contribution in [-0.4, -0.2) is 24.5 Å². The average molecular weight is 305 g/mol. The molecule has 0 atom stereocenters. The van der Waals surface area contributed by atoms with Crippen LogP contribution in [0.5, 0.6) is 5.75 Å². The highest BCUT2D eigenvalue weighted by molar-refractivity contribution is 6.30. The van der Waals surface area contributed by atoms with Crippen molar-refractivity contribution in [3.8, 4) is 5.75 Å². The molecule has 0 bridgehead atoms. The summed E-state index contributed by atoms with van der Waals surface area (Å²) in [7, 11) is 0. The Morgan fingerprint density at radius 3 is 2.48 bits per heavy atom. The van der Waals surface area contributed by atoms with E-state index in [9.17, 15) is 0 Å². The number of hydrazone groups is 1. The molecule has 21 heavy (non-hydrogen) atoms. The van der Waals surface area contributed by atoms with Gasteiger partial charge < -0.3 is 15.3 Å². The Bertz CT molecular complexity index is 568. The summed E-state index contributed by atoms with van der Waals surface area (Å²) in [5.74, 6) is 0.797. The molecular weight excluding hydrogens is 288 g/mol. The number of halogens is 1. The van der Waals surface area contributed by atoms with Crippen LogP contribution in [-0.2, 0) is 6.61 Å². The molecule has 4 nitrogen and oxygen atoms in total. The van der Waals surface area contributed by atoms with Gasteiger partial charge in [-0.15, -0.1) is 0 Å². The van der Waals surface area contributed by atoms with Gasteiger partial charge in [0.2, 0.25) is 0 Å². The molecule has 2 aromatic carbocycles. The van der Waals surface area contributed by atoms with Crippen LogP contribution >= 0.6 is 11.6 Å². The number of nitrogens with one attached hydrogen (secondary N) is 1. The number of nitrogens with zero attached hydrogens (tertiary/aromatic N) is 1. The molecule has 0 spiro atoms. The Morgan fingerprint density at radius 2 is 1.81 bits per heavy atom. The molecule has 0 unspecified atom stereocenters. The number of hydrogen-bond acceptors (Lipinski definition) is 4. The van der Waals surface area contributed by atoms with Crippen LogP contribution in [0.25, 0.3) is 0 Å². The van der Waals surface area contributed by atoms with Crippen LogP contribution in [0.3, 0.4) is 0 Å².